The number of aromatic nitrogens is 1. The van der Waals surface area contributed by atoms with Crippen molar-refractivity contribution in [1.29, 1.82) is 0 Å². The minimum Gasteiger partial charge on any atom is -0.497 e. The van der Waals surface area contributed by atoms with E-state index >= 15 is 0 Å². The Kier molecular flexibility index (Phi) is 4.15. The number of ether oxygens (including phenoxy) is 1. The molecule has 1 atom stereocenters. The van der Waals surface area contributed by atoms with Crippen molar-refractivity contribution in [2.24, 2.45) is 5.73 Å². The number of methoxy groups -OCH3 is 1. The van der Waals surface area contributed by atoms with E-state index in [-0.39, 0.29) is 6.04 Å². The average Bonchev–Trinajstić information content (AvgIpc) is 2.85. The topological polar surface area (TPSA) is 48.1 Å². The number of benzene rings is 1. The quantitative estimate of drug-likeness (QED) is 0.943. The van der Waals surface area contributed by atoms with Crippen molar-refractivity contribution in [3.8, 4) is 5.75 Å². The van der Waals surface area contributed by atoms with E-state index in [9.17, 15) is 0 Å². The highest BCUT2D eigenvalue weighted by molar-refractivity contribution is 9.10. The third-order valence-electron chi connectivity index (χ3n) is 2.51. The monoisotopic (exact) mass is 312 g/mol. The Balaban J connectivity index is 2.18. The fourth-order valence-electron chi connectivity index (χ4n) is 1.58. The second-order valence-electron chi connectivity index (χ2n) is 3.67. The van der Waals surface area contributed by atoms with Gasteiger partial charge in [0.15, 0.2) is 0 Å². The minimum absolute atomic E-state index is 0.0223. The molecule has 0 aliphatic rings. The van der Waals surface area contributed by atoms with Gasteiger partial charge >= 0.3 is 0 Å². The van der Waals surface area contributed by atoms with Crippen LogP contribution in [0.25, 0.3) is 0 Å². The van der Waals surface area contributed by atoms with Crippen molar-refractivity contribution in [3.63, 3.8) is 0 Å². The van der Waals surface area contributed by atoms with E-state index in [0.717, 1.165) is 27.1 Å². The summed E-state index contributed by atoms with van der Waals surface area (Å²) in [7, 11) is 1.66. The number of hydrogen-bond donors (Lipinski definition) is 1. The van der Waals surface area contributed by atoms with Gasteiger partial charge in [0.2, 0.25) is 0 Å². The lowest BCUT2D eigenvalue weighted by Crippen LogP contribution is -2.12. The van der Waals surface area contributed by atoms with Crippen molar-refractivity contribution in [2.75, 3.05) is 7.11 Å². The van der Waals surface area contributed by atoms with Crippen LogP contribution in [0.15, 0.2) is 34.4 Å². The van der Waals surface area contributed by atoms with Crippen LogP contribution in [-0.4, -0.2) is 12.1 Å². The van der Waals surface area contributed by atoms with Gasteiger partial charge in [-0.05, 0) is 30.2 Å². The maximum Gasteiger partial charge on any atom is 0.119 e. The fourth-order valence-corrected chi connectivity index (χ4v) is 2.61. The molecule has 0 saturated carbocycles. The third kappa shape index (κ3) is 3.06. The second kappa shape index (κ2) is 5.62. The molecule has 0 aliphatic heterocycles. The predicted molar refractivity (Wildman–Crippen MR) is 73.4 cm³/mol. The van der Waals surface area contributed by atoms with Gasteiger partial charge in [0, 0.05) is 21.6 Å². The molecule has 2 aromatic rings. The zero-order chi connectivity index (χ0) is 12.3. The first-order valence-corrected chi connectivity index (χ1v) is 6.84. The number of nitrogens with zero attached hydrogens (tertiary/aromatic N) is 1. The zero-order valence-electron chi connectivity index (χ0n) is 9.39. The highest BCUT2D eigenvalue weighted by Gasteiger charge is 2.11. The highest BCUT2D eigenvalue weighted by Crippen LogP contribution is 2.27. The van der Waals surface area contributed by atoms with Gasteiger partial charge in [0.1, 0.15) is 5.75 Å². The zero-order valence-corrected chi connectivity index (χ0v) is 11.8. The lowest BCUT2D eigenvalue weighted by molar-refractivity contribution is 0.414. The van der Waals surface area contributed by atoms with E-state index in [2.05, 4.69) is 20.9 Å². The van der Waals surface area contributed by atoms with Crippen LogP contribution in [0.3, 0.4) is 0 Å². The van der Waals surface area contributed by atoms with Crippen molar-refractivity contribution < 1.29 is 4.74 Å². The van der Waals surface area contributed by atoms with Gasteiger partial charge in [0.05, 0.1) is 12.6 Å². The molecular weight excluding hydrogens is 300 g/mol. The summed E-state index contributed by atoms with van der Waals surface area (Å²) in [6, 6.07) is 5.88. The molecule has 0 amide bonds. The predicted octanol–water partition coefficient (Wildman–Crippen LogP) is 3.16. The molecule has 2 N–H and O–H groups in total. The van der Waals surface area contributed by atoms with Gasteiger partial charge in [-0.1, -0.05) is 15.9 Å². The molecule has 3 nitrogen and oxygen atoms in total. The van der Waals surface area contributed by atoms with Crippen LogP contribution < -0.4 is 10.5 Å². The number of thiazole rings is 1. The molecule has 0 saturated heterocycles. The molecule has 0 fully saturated rings. The van der Waals surface area contributed by atoms with E-state index in [1.54, 1.807) is 24.0 Å². The molecule has 2 rings (SSSR count). The standard InChI is InChI=1S/C12H13BrN2OS/c1-16-9-2-3-10(13)8(4-9)5-11(14)12-6-15-7-17-12/h2-4,6-7,11H,5,14H2,1H3. The molecule has 0 spiro atoms. The van der Waals surface area contributed by atoms with Gasteiger partial charge in [-0.15, -0.1) is 11.3 Å². The first-order valence-electron chi connectivity index (χ1n) is 5.17. The maximum absolute atomic E-state index is 6.14. The summed E-state index contributed by atoms with van der Waals surface area (Å²) in [5, 5.41) is 0. The van der Waals surface area contributed by atoms with Crippen molar-refractivity contribution in [2.45, 2.75) is 12.5 Å². The first kappa shape index (κ1) is 12.5. The van der Waals surface area contributed by atoms with Crippen LogP contribution in [0, 0.1) is 0 Å². The smallest absolute Gasteiger partial charge is 0.119 e. The van der Waals surface area contributed by atoms with Gasteiger partial charge in [-0.3, -0.25) is 4.98 Å². The molecule has 1 unspecified atom stereocenters. The lowest BCUT2D eigenvalue weighted by Gasteiger charge is -2.12. The van der Waals surface area contributed by atoms with Crippen LogP contribution in [-0.2, 0) is 6.42 Å². The Morgan fingerprint density at radius 1 is 1.53 bits per heavy atom. The Morgan fingerprint density at radius 2 is 2.35 bits per heavy atom. The van der Waals surface area contributed by atoms with E-state index in [1.165, 1.54) is 0 Å². The average molecular weight is 313 g/mol. The molecule has 1 aromatic heterocycles. The number of nitrogens with two attached hydrogens (primary N) is 1. The first-order chi connectivity index (χ1) is 8.20. The molecule has 1 aromatic carbocycles. The molecule has 0 aliphatic carbocycles. The molecule has 0 bridgehead atoms. The normalized spacial score (nSPS) is 12.4. The van der Waals surface area contributed by atoms with Crippen LogP contribution in [0.5, 0.6) is 5.75 Å². The van der Waals surface area contributed by atoms with Crippen LogP contribution >= 0.6 is 27.3 Å². The summed E-state index contributed by atoms with van der Waals surface area (Å²) in [4.78, 5) is 5.14. The van der Waals surface area contributed by atoms with Crippen molar-refractivity contribution >= 4 is 27.3 Å². The molecule has 0 radical (unpaired) electrons. The highest BCUT2D eigenvalue weighted by atomic mass is 79.9. The lowest BCUT2D eigenvalue weighted by atomic mass is 10.1. The van der Waals surface area contributed by atoms with Crippen LogP contribution in [0.4, 0.5) is 0 Å². The summed E-state index contributed by atoms with van der Waals surface area (Å²) < 4.78 is 6.26. The Morgan fingerprint density at radius 3 is 3.00 bits per heavy atom. The summed E-state index contributed by atoms with van der Waals surface area (Å²) >= 11 is 5.11. The van der Waals surface area contributed by atoms with E-state index < -0.39 is 0 Å². The van der Waals surface area contributed by atoms with E-state index in [0.29, 0.717) is 0 Å². The summed E-state index contributed by atoms with van der Waals surface area (Å²) in [6.07, 6.45) is 2.59. The maximum atomic E-state index is 6.14. The number of hydrogen-bond acceptors (Lipinski definition) is 4. The number of halogens is 1. The second-order valence-corrected chi connectivity index (χ2v) is 5.44. The summed E-state index contributed by atoms with van der Waals surface area (Å²) in [5.74, 6) is 0.847. The van der Waals surface area contributed by atoms with Crippen molar-refractivity contribution in [3.05, 3.63) is 44.8 Å². The van der Waals surface area contributed by atoms with Crippen LogP contribution in [0.1, 0.15) is 16.5 Å². The van der Waals surface area contributed by atoms with Crippen molar-refractivity contribution in [1.82, 2.24) is 4.98 Å². The molecule has 90 valence electrons. The number of rotatable bonds is 4. The van der Waals surface area contributed by atoms with Crippen LogP contribution in [0.2, 0.25) is 0 Å². The summed E-state index contributed by atoms with van der Waals surface area (Å²) in [5.41, 5.74) is 9.09. The SMILES string of the molecule is COc1ccc(Br)c(CC(N)c2cncs2)c1. The Bertz CT molecular complexity index is 487. The largest absolute Gasteiger partial charge is 0.497 e. The van der Waals surface area contributed by atoms with Gasteiger partial charge in [0.25, 0.3) is 0 Å². The van der Waals surface area contributed by atoms with Gasteiger partial charge in [-0.25, -0.2) is 0 Å². The molecule has 5 heteroatoms. The minimum atomic E-state index is -0.0223. The molecule has 17 heavy (non-hydrogen) atoms. The van der Waals surface area contributed by atoms with E-state index in [4.69, 9.17) is 10.5 Å². The van der Waals surface area contributed by atoms with E-state index in [1.807, 2.05) is 24.4 Å². The molecule has 1 heterocycles. The summed E-state index contributed by atoms with van der Waals surface area (Å²) in [6.45, 7) is 0. The fraction of sp³-hybridized carbons (Fsp3) is 0.250. The Labute approximate surface area is 113 Å². The van der Waals surface area contributed by atoms with Gasteiger partial charge in [-0.2, -0.15) is 0 Å². The molecular formula is C12H13BrN2OS. The third-order valence-corrected chi connectivity index (χ3v) is 4.19. The Hall–Kier alpha value is -0.910. The van der Waals surface area contributed by atoms with Gasteiger partial charge < -0.3 is 10.5 Å².